The monoisotopic (exact) mass is 446 g/mol. The Labute approximate surface area is 193 Å². The summed E-state index contributed by atoms with van der Waals surface area (Å²) >= 11 is 0. The molecule has 1 aromatic heterocycles. The summed E-state index contributed by atoms with van der Waals surface area (Å²) in [6, 6.07) is 20.7. The summed E-state index contributed by atoms with van der Waals surface area (Å²) in [4.78, 5) is 26.2. The van der Waals surface area contributed by atoms with Crippen molar-refractivity contribution in [3.05, 3.63) is 88.2 Å². The first kappa shape index (κ1) is 22.7. The molecule has 2 atom stereocenters. The average Bonchev–Trinajstić information content (AvgIpc) is 2.79. The minimum Gasteiger partial charge on any atom is -0.438 e. The average molecular weight is 447 g/mol. The maximum atomic E-state index is 13.2. The molecular formula is C26H30N4O3. The Morgan fingerprint density at radius 1 is 1.09 bits per heavy atom. The number of carbonyl (C=O) groups is 1. The van der Waals surface area contributed by atoms with Crippen LogP contribution >= 0.6 is 0 Å². The Balaban J connectivity index is 1.53. The number of cyclic esters (lactones) is 1. The number of carbonyl (C=O) groups excluding carboxylic acids is 1. The lowest BCUT2D eigenvalue weighted by Gasteiger charge is -2.45. The van der Waals surface area contributed by atoms with Gasteiger partial charge in [-0.25, -0.2) is 9.89 Å². The fourth-order valence-corrected chi connectivity index (χ4v) is 4.55. The summed E-state index contributed by atoms with van der Waals surface area (Å²) < 4.78 is 6.16. The number of H-pyrrole nitrogens is 1. The van der Waals surface area contributed by atoms with Gasteiger partial charge in [-0.05, 0) is 38.0 Å². The molecule has 33 heavy (non-hydrogen) atoms. The van der Waals surface area contributed by atoms with Gasteiger partial charge in [0.25, 0.3) is 5.56 Å². The smallest absolute Gasteiger partial charge is 0.411 e. The van der Waals surface area contributed by atoms with Crippen LogP contribution in [0.3, 0.4) is 0 Å². The van der Waals surface area contributed by atoms with Gasteiger partial charge in [0.1, 0.15) is 5.60 Å². The highest BCUT2D eigenvalue weighted by atomic mass is 16.6. The van der Waals surface area contributed by atoms with Crippen LogP contribution in [0.5, 0.6) is 0 Å². The summed E-state index contributed by atoms with van der Waals surface area (Å²) in [5.74, 6) is 0. The summed E-state index contributed by atoms with van der Waals surface area (Å²) in [5.41, 5.74) is 8.42. The molecule has 1 aliphatic rings. The first-order chi connectivity index (χ1) is 15.7. The molecule has 2 heterocycles. The lowest BCUT2D eigenvalue weighted by atomic mass is 9.79. The van der Waals surface area contributed by atoms with Crippen molar-refractivity contribution in [2.24, 2.45) is 5.73 Å². The van der Waals surface area contributed by atoms with Gasteiger partial charge >= 0.3 is 6.09 Å². The quantitative estimate of drug-likeness (QED) is 0.586. The van der Waals surface area contributed by atoms with Crippen LogP contribution in [0.4, 0.5) is 4.79 Å². The summed E-state index contributed by atoms with van der Waals surface area (Å²) in [6.07, 6.45) is 0.861. The van der Waals surface area contributed by atoms with Gasteiger partial charge in [-0.2, -0.15) is 5.10 Å². The molecule has 0 spiro atoms. The second kappa shape index (κ2) is 8.83. The number of nitrogens with zero attached hydrogens (tertiary/aromatic N) is 2. The fraction of sp³-hybridized carbons (Fsp3) is 0.346. The van der Waals surface area contributed by atoms with E-state index in [4.69, 9.17) is 10.5 Å². The number of aromatic nitrogens is 2. The van der Waals surface area contributed by atoms with Gasteiger partial charge in [-0.1, -0.05) is 54.6 Å². The highest BCUT2D eigenvalue weighted by Gasteiger charge is 2.45. The van der Waals surface area contributed by atoms with Crippen LogP contribution < -0.4 is 11.3 Å². The van der Waals surface area contributed by atoms with E-state index in [1.54, 1.807) is 11.0 Å². The maximum Gasteiger partial charge on any atom is 0.411 e. The molecule has 3 N–H and O–H groups in total. The number of hydrogen-bond donors (Lipinski definition) is 2. The number of amides is 1. The van der Waals surface area contributed by atoms with Crippen molar-refractivity contribution < 1.29 is 9.53 Å². The largest absolute Gasteiger partial charge is 0.438 e. The van der Waals surface area contributed by atoms with Crippen molar-refractivity contribution in [2.45, 2.75) is 50.8 Å². The lowest BCUT2D eigenvalue weighted by molar-refractivity contribution is -0.0738. The zero-order chi connectivity index (χ0) is 23.6. The van der Waals surface area contributed by atoms with E-state index in [1.807, 2.05) is 75.4 Å². The van der Waals surface area contributed by atoms with E-state index in [0.29, 0.717) is 25.1 Å². The molecule has 1 fully saturated rings. The SMILES string of the molecule is C[C@@H](c1ccc(-c2ccc(=O)[nH]n2)cc1)N1CC[C@](CC(C)(C)N)(c2ccccc2)OC1=O. The van der Waals surface area contributed by atoms with Crippen LogP contribution in [0.25, 0.3) is 11.3 Å². The summed E-state index contributed by atoms with van der Waals surface area (Å²) in [7, 11) is 0. The van der Waals surface area contributed by atoms with E-state index < -0.39 is 11.1 Å². The molecule has 0 radical (unpaired) electrons. The van der Waals surface area contributed by atoms with Crippen LogP contribution in [-0.2, 0) is 10.3 Å². The number of ether oxygens (including phenoxy) is 1. The van der Waals surface area contributed by atoms with E-state index in [0.717, 1.165) is 16.7 Å². The molecule has 7 heteroatoms. The number of nitrogens with two attached hydrogens (primary N) is 1. The van der Waals surface area contributed by atoms with Crippen molar-refractivity contribution in [3.8, 4) is 11.3 Å². The molecule has 4 rings (SSSR count). The molecule has 1 saturated heterocycles. The zero-order valence-electron chi connectivity index (χ0n) is 19.2. The predicted octanol–water partition coefficient (Wildman–Crippen LogP) is 4.36. The molecule has 0 unspecified atom stereocenters. The first-order valence-corrected chi connectivity index (χ1v) is 11.2. The Bertz CT molecular complexity index is 1150. The minimum absolute atomic E-state index is 0.158. The van der Waals surface area contributed by atoms with Gasteiger partial charge < -0.3 is 15.4 Å². The van der Waals surface area contributed by atoms with Crippen LogP contribution in [0.2, 0.25) is 0 Å². The summed E-state index contributed by atoms with van der Waals surface area (Å²) in [6.45, 7) is 6.48. The molecule has 172 valence electrons. The topological polar surface area (TPSA) is 101 Å². The molecule has 0 aliphatic carbocycles. The minimum atomic E-state index is -0.743. The normalized spacial score (nSPS) is 19.8. The highest BCUT2D eigenvalue weighted by molar-refractivity contribution is 5.70. The van der Waals surface area contributed by atoms with Gasteiger partial charge in [-0.3, -0.25) is 4.79 Å². The van der Waals surface area contributed by atoms with Crippen molar-refractivity contribution in [3.63, 3.8) is 0 Å². The Morgan fingerprint density at radius 2 is 1.79 bits per heavy atom. The third kappa shape index (κ3) is 4.98. The van der Waals surface area contributed by atoms with Crippen LogP contribution in [0.15, 0.2) is 71.5 Å². The number of aromatic amines is 1. The number of benzene rings is 2. The van der Waals surface area contributed by atoms with Gasteiger partial charge in [0.15, 0.2) is 0 Å². The third-order valence-corrected chi connectivity index (χ3v) is 6.15. The van der Waals surface area contributed by atoms with E-state index in [9.17, 15) is 9.59 Å². The van der Waals surface area contributed by atoms with Crippen LogP contribution in [-0.4, -0.2) is 33.3 Å². The van der Waals surface area contributed by atoms with Gasteiger partial charge in [0, 0.05) is 36.6 Å². The van der Waals surface area contributed by atoms with E-state index >= 15 is 0 Å². The number of rotatable bonds is 6. The lowest BCUT2D eigenvalue weighted by Crippen LogP contribution is -2.52. The second-order valence-corrected chi connectivity index (χ2v) is 9.44. The molecule has 7 nitrogen and oxygen atoms in total. The molecule has 0 bridgehead atoms. The Kier molecular flexibility index (Phi) is 6.08. The predicted molar refractivity (Wildman–Crippen MR) is 128 cm³/mol. The molecule has 1 amide bonds. The first-order valence-electron chi connectivity index (χ1n) is 11.2. The van der Waals surface area contributed by atoms with Crippen molar-refractivity contribution in [2.75, 3.05) is 6.54 Å². The van der Waals surface area contributed by atoms with Gasteiger partial charge in [-0.15, -0.1) is 0 Å². The summed E-state index contributed by atoms with van der Waals surface area (Å²) in [5, 5.41) is 6.51. The van der Waals surface area contributed by atoms with Crippen LogP contribution in [0.1, 0.15) is 50.8 Å². The number of nitrogens with one attached hydrogen (secondary N) is 1. The van der Waals surface area contributed by atoms with E-state index in [1.165, 1.54) is 6.07 Å². The molecule has 3 aromatic rings. The maximum absolute atomic E-state index is 13.2. The molecule has 1 aliphatic heterocycles. The Morgan fingerprint density at radius 3 is 2.36 bits per heavy atom. The van der Waals surface area contributed by atoms with Crippen LogP contribution in [0, 0.1) is 0 Å². The Hall–Kier alpha value is -3.45. The van der Waals surface area contributed by atoms with E-state index in [2.05, 4.69) is 10.2 Å². The van der Waals surface area contributed by atoms with Gasteiger partial charge in [0.05, 0.1) is 11.7 Å². The van der Waals surface area contributed by atoms with Crippen molar-refractivity contribution in [1.82, 2.24) is 15.1 Å². The molecular weight excluding hydrogens is 416 g/mol. The third-order valence-electron chi connectivity index (χ3n) is 6.15. The standard InChI is InChI=1S/C26H30N4O3/c1-18(19-9-11-20(12-10-19)22-13-14-23(31)29-28-22)30-16-15-26(33-24(30)32,17-25(2,3)27)21-7-5-4-6-8-21/h4-14,18H,15-17,27H2,1-3H3,(H,29,31)/t18-,26-/m0/s1. The highest BCUT2D eigenvalue weighted by Crippen LogP contribution is 2.41. The second-order valence-electron chi connectivity index (χ2n) is 9.44. The van der Waals surface area contributed by atoms with Gasteiger partial charge in [0.2, 0.25) is 0 Å². The number of hydrogen-bond acceptors (Lipinski definition) is 5. The van der Waals surface area contributed by atoms with Crippen molar-refractivity contribution in [1.29, 1.82) is 0 Å². The van der Waals surface area contributed by atoms with E-state index in [-0.39, 0.29) is 17.7 Å². The fourth-order valence-electron chi connectivity index (χ4n) is 4.55. The zero-order valence-corrected chi connectivity index (χ0v) is 19.2. The van der Waals surface area contributed by atoms with Crippen molar-refractivity contribution >= 4 is 6.09 Å². The molecule has 0 saturated carbocycles. The molecule has 2 aromatic carbocycles.